The van der Waals surface area contributed by atoms with Gasteiger partial charge in [-0.05, 0) is 48.9 Å². The van der Waals surface area contributed by atoms with Crippen LogP contribution >= 0.6 is 11.8 Å². The third kappa shape index (κ3) is 5.40. The van der Waals surface area contributed by atoms with Crippen LogP contribution in [0.5, 0.6) is 5.75 Å². The van der Waals surface area contributed by atoms with Crippen molar-refractivity contribution in [1.29, 1.82) is 0 Å². The van der Waals surface area contributed by atoms with E-state index in [2.05, 4.69) is 12.2 Å². The predicted octanol–water partition coefficient (Wildman–Crippen LogP) is 3.84. The van der Waals surface area contributed by atoms with E-state index in [4.69, 9.17) is 0 Å². The summed E-state index contributed by atoms with van der Waals surface area (Å²) >= 11 is 1.65. The molecule has 2 nitrogen and oxygen atoms in total. The van der Waals surface area contributed by atoms with Crippen LogP contribution in [0.1, 0.15) is 12.5 Å². The van der Waals surface area contributed by atoms with Gasteiger partial charge in [0.15, 0.2) is 0 Å². The molecule has 112 valence electrons. The zero-order chi connectivity index (χ0) is 15.1. The topological polar surface area (TPSA) is 32.3 Å². The van der Waals surface area contributed by atoms with E-state index < -0.39 is 0 Å². The Morgan fingerprint density at radius 2 is 1.95 bits per heavy atom. The Bertz CT molecular complexity index is 559. The summed E-state index contributed by atoms with van der Waals surface area (Å²) in [6.45, 7) is 2.98. The summed E-state index contributed by atoms with van der Waals surface area (Å²) in [5.74, 6) is 0.962. The van der Waals surface area contributed by atoms with Crippen molar-refractivity contribution in [3.05, 3.63) is 59.9 Å². The summed E-state index contributed by atoms with van der Waals surface area (Å²) in [7, 11) is 0. The number of rotatable bonds is 7. The van der Waals surface area contributed by atoms with E-state index in [0.717, 1.165) is 23.6 Å². The zero-order valence-corrected chi connectivity index (χ0v) is 12.9. The Hall–Kier alpha value is -1.52. The van der Waals surface area contributed by atoms with Crippen LogP contribution in [0, 0.1) is 5.82 Å². The molecule has 2 aromatic rings. The van der Waals surface area contributed by atoms with E-state index >= 15 is 0 Å². The van der Waals surface area contributed by atoms with Crippen LogP contribution in [0.2, 0.25) is 0 Å². The molecule has 0 radical (unpaired) electrons. The Morgan fingerprint density at radius 3 is 2.62 bits per heavy atom. The van der Waals surface area contributed by atoms with Crippen molar-refractivity contribution in [3.8, 4) is 5.75 Å². The maximum absolute atomic E-state index is 13.2. The van der Waals surface area contributed by atoms with Gasteiger partial charge in [0.25, 0.3) is 0 Å². The summed E-state index contributed by atoms with van der Waals surface area (Å²) < 4.78 is 13.2. The molecule has 2 rings (SSSR count). The molecule has 0 heterocycles. The van der Waals surface area contributed by atoms with Crippen molar-refractivity contribution >= 4 is 11.8 Å². The van der Waals surface area contributed by atoms with Gasteiger partial charge in [-0.1, -0.05) is 25.1 Å². The molecular formula is C17H20FNOS. The maximum Gasteiger partial charge on any atom is 0.124 e. The molecule has 21 heavy (non-hydrogen) atoms. The average Bonchev–Trinajstić information content (AvgIpc) is 2.47. The first kappa shape index (κ1) is 15.9. The van der Waals surface area contributed by atoms with Gasteiger partial charge in [0.05, 0.1) is 0 Å². The first-order valence-electron chi connectivity index (χ1n) is 7.07. The van der Waals surface area contributed by atoms with Crippen molar-refractivity contribution in [2.75, 3.05) is 12.3 Å². The lowest BCUT2D eigenvalue weighted by Gasteiger charge is -2.17. The Labute approximate surface area is 129 Å². The van der Waals surface area contributed by atoms with Crippen LogP contribution in [-0.4, -0.2) is 23.4 Å². The monoisotopic (exact) mass is 305 g/mol. The van der Waals surface area contributed by atoms with Crippen LogP contribution in [0.25, 0.3) is 0 Å². The van der Waals surface area contributed by atoms with Crippen molar-refractivity contribution < 1.29 is 9.50 Å². The predicted molar refractivity (Wildman–Crippen MR) is 86.4 cm³/mol. The average molecular weight is 305 g/mol. The van der Waals surface area contributed by atoms with E-state index in [0.29, 0.717) is 6.04 Å². The lowest BCUT2D eigenvalue weighted by atomic mass is 10.1. The van der Waals surface area contributed by atoms with Gasteiger partial charge >= 0.3 is 0 Å². The smallest absolute Gasteiger partial charge is 0.124 e. The third-order valence-electron chi connectivity index (χ3n) is 3.16. The van der Waals surface area contributed by atoms with Crippen molar-refractivity contribution in [2.24, 2.45) is 0 Å². The summed E-state index contributed by atoms with van der Waals surface area (Å²) in [4.78, 5) is 0.948. The lowest BCUT2D eigenvalue weighted by Crippen LogP contribution is -2.33. The third-order valence-corrected chi connectivity index (χ3v) is 4.31. The number of hydrogen-bond donors (Lipinski definition) is 2. The van der Waals surface area contributed by atoms with Gasteiger partial charge in [0, 0.05) is 16.7 Å². The molecule has 0 aliphatic heterocycles. The standard InChI is InChI=1S/C17H20FNOS/c1-2-19-15(10-13-6-8-16(20)9-7-13)12-21-17-5-3-4-14(18)11-17/h3-9,11,15,19-20H,2,10,12H2,1H3. The minimum Gasteiger partial charge on any atom is -0.508 e. The maximum atomic E-state index is 13.2. The number of aromatic hydroxyl groups is 1. The zero-order valence-electron chi connectivity index (χ0n) is 12.1. The van der Waals surface area contributed by atoms with Crippen molar-refractivity contribution in [2.45, 2.75) is 24.3 Å². The molecule has 0 aromatic heterocycles. The van der Waals surface area contributed by atoms with Gasteiger partial charge in [-0.2, -0.15) is 0 Å². The fraction of sp³-hybridized carbons (Fsp3) is 0.294. The molecule has 2 aromatic carbocycles. The molecule has 1 atom stereocenters. The summed E-state index contributed by atoms with van der Waals surface area (Å²) in [5, 5.41) is 12.8. The molecule has 1 unspecified atom stereocenters. The van der Waals surface area contributed by atoms with Gasteiger partial charge in [0.1, 0.15) is 11.6 Å². The minimum atomic E-state index is -0.196. The molecule has 4 heteroatoms. The second-order valence-electron chi connectivity index (χ2n) is 4.89. The highest BCUT2D eigenvalue weighted by atomic mass is 32.2. The highest BCUT2D eigenvalue weighted by molar-refractivity contribution is 7.99. The Balaban J connectivity index is 1.93. The Morgan fingerprint density at radius 1 is 1.19 bits per heavy atom. The molecule has 2 N–H and O–H groups in total. The highest BCUT2D eigenvalue weighted by Crippen LogP contribution is 2.21. The minimum absolute atomic E-state index is 0.196. The summed E-state index contributed by atoms with van der Waals surface area (Å²) in [6.07, 6.45) is 0.885. The van der Waals surface area contributed by atoms with E-state index in [-0.39, 0.29) is 11.6 Å². The molecule has 0 aliphatic carbocycles. The van der Waals surface area contributed by atoms with Gasteiger partial charge < -0.3 is 10.4 Å². The number of halogens is 1. The molecule has 0 spiro atoms. The van der Waals surface area contributed by atoms with Gasteiger partial charge in [-0.3, -0.25) is 0 Å². The molecule has 0 aliphatic rings. The van der Waals surface area contributed by atoms with Crippen molar-refractivity contribution in [3.63, 3.8) is 0 Å². The molecular weight excluding hydrogens is 285 g/mol. The molecule has 0 bridgehead atoms. The normalized spacial score (nSPS) is 12.3. The second-order valence-corrected chi connectivity index (χ2v) is 5.99. The number of phenolic OH excluding ortho intramolecular Hbond substituents is 1. The molecule has 0 saturated heterocycles. The first-order valence-corrected chi connectivity index (χ1v) is 8.05. The van der Waals surface area contributed by atoms with Crippen LogP contribution in [-0.2, 0) is 6.42 Å². The fourth-order valence-corrected chi connectivity index (χ4v) is 3.15. The van der Waals surface area contributed by atoms with E-state index in [1.165, 1.54) is 11.6 Å². The quantitative estimate of drug-likeness (QED) is 0.762. The summed E-state index contributed by atoms with van der Waals surface area (Å²) in [6, 6.07) is 14.3. The van der Waals surface area contributed by atoms with E-state index in [9.17, 15) is 9.50 Å². The molecule has 0 fully saturated rings. The number of benzene rings is 2. The highest BCUT2D eigenvalue weighted by Gasteiger charge is 2.09. The van der Waals surface area contributed by atoms with Gasteiger partial charge in [-0.15, -0.1) is 11.8 Å². The number of phenols is 1. The number of nitrogens with one attached hydrogen (secondary N) is 1. The number of thioether (sulfide) groups is 1. The lowest BCUT2D eigenvalue weighted by molar-refractivity contribution is 0.474. The molecule has 0 saturated carbocycles. The van der Waals surface area contributed by atoms with Crippen LogP contribution in [0.4, 0.5) is 4.39 Å². The summed E-state index contributed by atoms with van der Waals surface area (Å²) in [5.41, 5.74) is 1.18. The molecule has 0 amide bonds. The van der Waals surface area contributed by atoms with E-state index in [1.807, 2.05) is 18.2 Å². The van der Waals surface area contributed by atoms with Crippen molar-refractivity contribution in [1.82, 2.24) is 5.32 Å². The number of likely N-dealkylation sites (N-methyl/N-ethyl adjacent to an activating group) is 1. The van der Waals surface area contributed by atoms with Crippen LogP contribution < -0.4 is 5.32 Å². The largest absolute Gasteiger partial charge is 0.508 e. The van der Waals surface area contributed by atoms with Gasteiger partial charge in [0.2, 0.25) is 0 Å². The SMILES string of the molecule is CCNC(CSc1cccc(F)c1)Cc1ccc(O)cc1. The Kier molecular flexibility index (Phi) is 6.08. The first-order chi connectivity index (χ1) is 10.2. The van der Waals surface area contributed by atoms with Crippen LogP contribution in [0.15, 0.2) is 53.4 Å². The second kappa shape index (κ2) is 8.05. The number of hydrogen-bond acceptors (Lipinski definition) is 3. The van der Waals surface area contributed by atoms with Crippen LogP contribution in [0.3, 0.4) is 0 Å². The van der Waals surface area contributed by atoms with E-state index in [1.54, 1.807) is 36.0 Å². The van der Waals surface area contributed by atoms with Gasteiger partial charge in [-0.25, -0.2) is 4.39 Å². The fourth-order valence-electron chi connectivity index (χ4n) is 2.15.